The quantitative estimate of drug-likeness (QED) is 0.770. The van der Waals surface area contributed by atoms with Crippen LogP contribution in [0.2, 0.25) is 0 Å². The monoisotopic (exact) mass is 204 g/mol. The van der Waals surface area contributed by atoms with Crippen LogP contribution in [0.4, 0.5) is 0 Å². The van der Waals surface area contributed by atoms with Gasteiger partial charge >= 0.3 is 0 Å². The minimum absolute atomic E-state index is 0.0126. The molecule has 0 spiro atoms. The van der Waals surface area contributed by atoms with Gasteiger partial charge in [-0.05, 0) is 12.1 Å². The zero-order chi connectivity index (χ0) is 10.8. The van der Waals surface area contributed by atoms with E-state index in [2.05, 4.69) is 4.98 Å². The van der Waals surface area contributed by atoms with Crippen molar-refractivity contribution in [1.82, 2.24) is 4.98 Å². The molecule has 0 aliphatic heterocycles. The van der Waals surface area contributed by atoms with Gasteiger partial charge in [-0.2, -0.15) is 0 Å². The molecular formula is C11H12N2O2. The van der Waals surface area contributed by atoms with E-state index in [1.54, 1.807) is 12.1 Å². The van der Waals surface area contributed by atoms with Gasteiger partial charge in [0.2, 0.25) is 0 Å². The van der Waals surface area contributed by atoms with E-state index in [4.69, 9.17) is 10.2 Å². The second-order valence-electron chi connectivity index (χ2n) is 3.24. The van der Waals surface area contributed by atoms with Crippen LogP contribution in [0.15, 0.2) is 22.6 Å². The van der Waals surface area contributed by atoms with Crippen molar-refractivity contribution < 1.29 is 9.21 Å². The molecule has 2 N–H and O–H groups in total. The first-order chi connectivity index (χ1) is 7.26. The van der Waals surface area contributed by atoms with Crippen molar-refractivity contribution in [2.45, 2.75) is 13.3 Å². The molecule has 0 aliphatic rings. The maximum atomic E-state index is 11.5. The molecule has 1 aromatic carbocycles. The number of hydrogen-bond donors (Lipinski definition) is 1. The number of nitrogens with two attached hydrogens (primary N) is 1. The van der Waals surface area contributed by atoms with Gasteiger partial charge in [0.25, 0.3) is 0 Å². The third-order valence-electron chi connectivity index (χ3n) is 2.25. The Kier molecular flexibility index (Phi) is 2.51. The highest BCUT2D eigenvalue weighted by atomic mass is 16.3. The van der Waals surface area contributed by atoms with Crippen LogP contribution in [0.1, 0.15) is 23.2 Å². The number of fused-ring (bicyclic) bond motifs is 1. The molecule has 0 bridgehead atoms. The van der Waals surface area contributed by atoms with Crippen molar-refractivity contribution in [1.29, 1.82) is 0 Å². The van der Waals surface area contributed by atoms with Gasteiger partial charge in [0.1, 0.15) is 5.52 Å². The van der Waals surface area contributed by atoms with Crippen molar-refractivity contribution >= 4 is 16.9 Å². The molecule has 0 saturated carbocycles. The molecule has 1 aromatic heterocycles. The maximum absolute atomic E-state index is 11.5. The first kappa shape index (κ1) is 9.86. The van der Waals surface area contributed by atoms with Gasteiger partial charge in [-0.1, -0.05) is 13.0 Å². The lowest BCUT2D eigenvalue weighted by Crippen LogP contribution is -2.13. The molecule has 78 valence electrons. The van der Waals surface area contributed by atoms with Crippen LogP contribution in [-0.2, 0) is 6.42 Å². The van der Waals surface area contributed by atoms with Crippen molar-refractivity contribution in [3.8, 4) is 0 Å². The van der Waals surface area contributed by atoms with Crippen molar-refractivity contribution in [2.24, 2.45) is 5.73 Å². The van der Waals surface area contributed by atoms with E-state index >= 15 is 0 Å². The summed E-state index contributed by atoms with van der Waals surface area (Å²) in [5.74, 6) is 0.515. The Labute approximate surface area is 87.1 Å². The van der Waals surface area contributed by atoms with E-state index in [9.17, 15) is 4.79 Å². The van der Waals surface area contributed by atoms with Crippen molar-refractivity contribution in [2.75, 3.05) is 6.54 Å². The predicted molar refractivity (Wildman–Crippen MR) is 56.8 cm³/mol. The summed E-state index contributed by atoms with van der Waals surface area (Å²) in [4.78, 5) is 15.8. The summed E-state index contributed by atoms with van der Waals surface area (Å²) in [6.45, 7) is 1.94. The van der Waals surface area contributed by atoms with Crippen LogP contribution >= 0.6 is 0 Å². The molecule has 2 rings (SSSR count). The molecule has 1 heterocycles. The Hall–Kier alpha value is -1.68. The van der Waals surface area contributed by atoms with Crippen LogP contribution in [0, 0.1) is 0 Å². The lowest BCUT2D eigenvalue weighted by molar-refractivity contribution is 0.100. The summed E-state index contributed by atoms with van der Waals surface area (Å²) in [5, 5.41) is 0. The predicted octanol–water partition coefficient (Wildman–Crippen LogP) is 1.53. The summed E-state index contributed by atoms with van der Waals surface area (Å²) in [6.07, 6.45) is 0.713. The van der Waals surface area contributed by atoms with Gasteiger partial charge in [0.15, 0.2) is 17.3 Å². The number of carbonyl (C=O) groups is 1. The van der Waals surface area contributed by atoms with Crippen LogP contribution in [-0.4, -0.2) is 17.3 Å². The maximum Gasteiger partial charge on any atom is 0.195 e. The summed E-state index contributed by atoms with van der Waals surface area (Å²) < 4.78 is 5.48. The molecule has 2 aromatic rings. The number of rotatable bonds is 3. The average molecular weight is 204 g/mol. The van der Waals surface area contributed by atoms with Crippen molar-refractivity contribution in [3.63, 3.8) is 0 Å². The van der Waals surface area contributed by atoms with E-state index in [1.807, 2.05) is 13.0 Å². The minimum atomic E-state index is -0.126. The first-order valence-electron chi connectivity index (χ1n) is 4.88. The highest BCUT2D eigenvalue weighted by Gasteiger charge is 2.13. The molecule has 0 unspecified atom stereocenters. The number of oxazole rings is 1. The fraction of sp³-hybridized carbons (Fsp3) is 0.273. The van der Waals surface area contributed by atoms with Crippen LogP contribution in [0.3, 0.4) is 0 Å². The molecule has 4 nitrogen and oxygen atoms in total. The number of aryl methyl sites for hydroxylation is 1. The fourth-order valence-electron chi connectivity index (χ4n) is 1.48. The summed E-state index contributed by atoms with van der Waals surface area (Å²) in [5.41, 5.74) is 7.10. The lowest BCUT2D eigenvalue weighted by Gasteiger charge is -1.96. The lowest BCUT2D eigenvalue weighted by atomic mass is 10.1. The molecule has 4 heteroatoms. The minimum Gasteiger partial charge on any atom is -0.440 e. The number of aromatic nitrogens is 1. The van der Waals surface area contributed by atoms with Gasteiger partial charge in [-0.3, -0.25) is 4.79 Å². The van der Waals surface area contributed by atoms with Gasteiger partial charge < -0.3 is 10.2 Å². The van der Waals surface area contributed by atoms with Crippen LogP contribution in [0.25, 0.3) is 11.1 Å². The van der Waals surface area contributed by atoms with Gasteiger partial charge in [0, 0.05) is 6.42 Å². The Morgan fingerprint density at radius 3 is 3.00 bits per heavy atom. The summed E-state index contributed by atoms with van der Waals surface area (Å²) in [7, 11) is 0. The normalized spacial score (nSPS) is 10.8. The molecule has 0 fully saturated rings. The molecule has 0 aliphatic carbocycles. The molecule has 0 amide bonds. The van der Waals surface area contributed by atoms with Crippen molar-refractivity contribution in [3.05, 3.63) is 29.7 Å². The second kappa shape index (κ2) is 3.82. The standard InChI is InChI=1S/C11H12N2O2/c1-2-10-13-8-5-3-4-7(9(14)6-12)11(8)15-10/h3-5H,2,6,12H2,1H3. The fourth-order valence-corrected chi connectivity index (χ4v) is 1.48. The molecule has 0 saturated heterocycles. The van der Waals surface area contributed by atoms with E-state index < -0.39 is 0 Å². The largest absolute Gasteiger partial charge is 0.440 e. The highest BCUT2D eigenvalue weighted by molar-refractivity contribution is 6.06. The van der Waals surface area contributed by atoms with Gasteiger partial charge in [-0.15, -0.1) is 0 Å². The van der Waals surface area contributed by atoms with E-state index in [0.717, 1.165) is 0 Å². The topological polar surface area (TPSA) is 69.1 Å². The first-order valence-corrected chi connectivity index (χ1v) is 4.88. The number of nitrogens with zero attached hydrogens (tertiary/aromatic N) is 1. The Morgan fingerprint density at radius 2 is 2.33 bits per heavy atom. The summed E-state index contributed by atoms with van der Waals surface area (Å²) >= 11 is 0. The number of carbonyl (C=O) groups excluding carboxylic acids is 1. The van der Waals surface area contributed by atoms with Gasteiger partial charge in [0.05, 0.1) is 12.1 Å². The second-order valence-corrected chi connectivity index (χ2v) is 3.24. The number of para-hydroxylation sites is 1. The Balaban J connectivity index is 2.64. The molecule has 0 radical (unpaired) electrons. The smallest absolute Gasteiger partial charge is 0.195 e. The average Bonchev–Trinajstić information content (AvgIpc) is 2.70. The molecule has 0 atom stereocenters. The number of ketones is 1. The zero-order valence-corrected chi connectivity index (χ0v) is 8.49. The zero-order valence-electron chi connectivity index (χ0n) is 8.49. The Bertz CT molecular complexity index is 502. The molecular weight excluding hydrogens is 192 g/mol. The number of benzene rings is 1. The van der Waals surface area contributed by atoms with E-state index in [-0.39, 0.29) is 12.3 Å². The third kappa shape index (κ3) is 1.64. The molecule has 15 heavy (non-hydrogen) atoms. The van der Waals surface area contributed by atoms with E-state index in [0.29, 0.717) is 29.0 Å². The Morgan fingerprint density at radius 1 is 1.53 bits per heavy atom. The highest BCUT2D eigenvalue weighted by Crippen LogP contribution is 2.20. The van der Waals surface area contributed by atoms with Gasteiger partial charge in [-0.25, -0.2) is 4.98 Å². The number of hydrogen-bond acceptors (Lipinski definition) is 4. The van der Waals surface area contributed by atoms with Crippen LogP contribution < -0.4 is 5.73 Å². The van der Waals surface area contributed by atoms with Crippen LogP contribution in [0.5, 0.6) is 0 Å². The SMILES string of the molecule is CCc1nc2cccc(C(=O)CN)c2o1. The number of Topliss-reactive ketones (excluding diaryl/α,β-unsaturated/α-hetero) is 1. The third-order valence-corrected chi connectivity index (χ3v) is 2.25. The summed E-state index contributed by atoms with van der Waals surface area (Å²) in [6, 6.07) is 5.32. The van der Waals surface area contributed by atoms with E-state index in [1.165, 1.54) is 0 Å².